The van der Waals surface area contributed by atoms with Gasteiger partial charge < -0.3 is 9.47 Å². The van der Waals surface area contributed by atoms with Gasteiger partial charge in [-0.1, -0.05) is 146 Å². The van der Waals surface area contributed by atoms with Crippen LogP contribution in [0.25, 0.3) is 72.2 Å². The standard InChI is InChI=1S/C50H34N2/c1-4-14-35(15-5-1)37-26-28-40(29-27-37)52(39-19-8-3-9-20-39)42-30-31-45-46-24-13-25-49-50(46)48(44-23-11-10-22-43(44)47(45)33-42)34-51(49)41-21-12-18-38(32-41)36-16-6-2-7-17-36/h1-34H. The molecule has 10 rings (SSSR count). The fourth-order valence-corrected chi connectivity index (χ4v) is 7.94. The molecular weight excluding hydrogens is 629 g/mol. The van der Waals surface area contributed by atoms with Gasteiger partial charge in [0, 0.05) is 39.9 Å². The smallest absolute Gasteiger partial charge is 0.0541 e. The van der Waals surface area contributed by atoms with Crippen LogP contribution in [0.15, 0.2) is 206 Å². The maximum Gasteiger partial charge on any atom is 0.0541 e. The van der Waals surface area contributed by atoms with Crippen LogP contribution < -0.4 is 4.90 Å². The molecule has 1 aromatic heterocycles. The Labute approximate surface area is 304 Å². The van der Waals surface area contributed by atoms with Gasteiger partial charge in [0.1, 0.15) is 0 Å². The number of hydrogen-bond acceptors (Lipinski definition) is 1. The summed E-state index contributed by atoms with van der Waals surface area (Å²) in [7, 11) is 0. The summed E-state index contributed by atoms with van der Waals surface area (Å²) in [5.41, 5.74) is 18.0. The molecule has 9 aromatic rings. The Bertz CT molecular complexity index is 2710. The van der Waals surface area contributed by atoms with E-state index in [1.165, 1.54) is 66.5 Å². The first kappa shape index (κ1) is 30.0. The molecule has 0 spiro atoms. The summed E-state index contributed by atoms with van der Waals surface area (Å²) in [4.78, 5) is 2.37. The molecule has 1 heterocycles. The average molecular weight is 663 g/mol. The van der Waals surface area contributed by atoms with E-state index in [1.54, 1.807) is 0 Å². The Morgan fingerprint density at radius 2 is 0.827 bits per heavy atom. The lowest BCUT2D eigenvalue weighted by Gasteiger charge is -2.27. The molecule has 2 heteroatoms. The summed E-state index contributed by atoms with van der Waals surface area (Å²) in [5, 5.41) is 1.28. The number of anilines is 3. The molecule has 1 aliphatic rings. The van der Waals surface area contributed by atoms with Crippen molar-refractivity contribution >= 4 is 28.0 Å². The Morgan fingerprint density at radius 1 is 0.308 bits per heavy atom. The van der Waals surface area contributed by atoms with Crippen LogP contribution in [0.4, 0.5) is 17.1 Å². The first-order valence-electron chi connectivity index (χ1n) is 17.8. The molecule has 52 heavy (non-hydrogen) atoms. The van der Waals surface area contributed by atoms with Gasteiger partial charge in [0.25, 0.3) is 0 Å². The van der Waals surface area contributed by atoms with Crippen LogP contribution in [0.1, 0.15) is 0 Å². The molecule has 0 radical (unpaired) electrons. The van der Waals surface area contributed by atoms with Crippen molar-refractivity contribution in [3.63, 3.8) is 0 Å². The largest absolute Gasteiger partial charge is 0.316 e. The minimum absolute atomic E-state index is 1.12. The van der Waals surface area contributed by atoms with E-state index in [1.807, 2.05) is 0 Å². The van der Waals surface area contributed by atoms with E-state index in [-0.39, 0.29) is 0 Å². The summed E-state index contributed by atoms with van der Waals surface area (Å²) in [6.07, 6.45) is 2.34. The van der Waals surface area contributed by atoms with E-state index in [0.29, 0.717) is 0 Å². The Morgan fingerprint density at radius 3 is 1.56 bits per heavy atom. The van der Waals surface area contributed by atoms with Gasteiger partial charge in [-0.15, -0.1) is 0 Å². The van der Waals surface area contributed by atoms with Crippen LogP contribution in [-0.2, 0) is 0 Å². The predicted octanol–water partition coefficient (Wildman–Crippen LogP) is 13.7. The summed E-state index contributed by atoms with van der Waals surface area (Å²) in [6, 6.07) is 72.3. The molecule has 8 aromatic carbocycles. The number of para-hydroxylation sites is 1. The van der Waals surface area contributed by atoms with Crippen molar-refractivity contribution in [3.8, 4) is 61.3 Å². The Balaban J connectivity index is 1.14. The average Bonchev–Trinajstić information content (AvgIpc) is 3.57. The van der Waals surface area contributed by atoms with Crippen molar-refractivity contribution in [1.29, 1.82) is 0 Å². The van der Waals surface area contributed by atoms with Crippen molar-refractivity contribution < 1.29 is 0 Å². The highest BCUT2D eigenvalue weighted by Crippen LogP contribution is 2.50. The molecule has 0 amide bonds. The number of aromatic nitrogens is 1. The predicted molar refractivity (Wildman–Crippen MR) is 219 cm³/mol. The molecule has 0 saturated heterocycles. The van der Waals surface area contributed by atoms with Gasteiger partial charge in [-0.05, 0) is 105 Å². The third-order valence-electron chi connectivity index (χ3n) is 10.4. The van der Waals surface area contributed by atoms with E-state index < -0.39 is 0 Å². The van der Waals surface area contributed by atoms with E-state index in [9.17, 15) is 0 Å². The third kappa shape index (κ3) is 5.04. The van der Waals surface area contributed by atoms with E-state index in [4.69, 9.17) is 0 Å². The number of fused-ring (bicyclic) bond motifs is 5. The van der Waals surface area contributed by atoms with E-state index >= 15 is 0 Å². The zero-order valence-electron chi connectivity index (χ0n) is 28.5. The van der Waals surface area contributed by atoms with Gasteiger partial charge in [0.05, 0.1) is 5.52 Å². The zero-order chi connectivity index (χ0) is 34.4. The molecule has 0 N–H and O–H groups in total. The lowest BCUT2D eigenvalue weighted by Crippen LogP contribution is -2.10. The molecule has 0 aliphatic heterocycles. The summed E-state index contributed by atoms with van der Waals surface area (Å²) >= 11 is 0. The fourth-order valence-electron chi connectivity index (χ4n) is 7.94. The third-order valence-corrected chi connectivity index (χ3v) is 10.4. The molecule has 0 bridgehead atoms. The highest BCUT2D eigenvalue weighted by molar-refractivity contribution is 6.14. The second-order valence-corrected chi connectivity index (χ2v) is 13.4. The van der Waals surface area contributed by atoms with Crippen molar-refractivity contribution in [1.82, 2.24) is 4.57 Å². The fraction of sp³-hybridized carbons (Fsp3) is 0. The lowest BCUT2D eigenvalue weighted by molar-refractivity contribution is 1.13. The first-order valence-corrected chi connectivity index (χ1v) is 17.8. The Hall–Kier alpha value is -6.90. The number of nitrogens with zero attached hydrogens (tertiary/aromatic N) is 2. The van der Waals surface area contributed by atoms with Crippen molar-refractivity contribution in [2.75, 3.05) is 4.90 Å². The first-order chi connectivity index (χ1) is 25.8. The molecule has 0 atom stereocenters. The highest BCUT2D eigenvalue weighted by atomic mass is 15.1. The van der Waals surface area contributed by atoms with Crippen LogP contribution in [-0.4, -0.2) is 4.57 Å². The molecule has 244 valence electrons. The normalized spacial score (nSPS) is 11.5. The summed E-state index contributed by atoms with van der Waals surface area (Å²) in [5.74, 6) is 0. The number of hydrogen-bond donors (Lipinski definition) is 0. The summed E-state index contributed by atoms with van der Waals surface area (Å²) < 4.78 is 2.37. The van der Waals surface area contributed by atoms with Gasteiger partial charge in [0.2, 0.25) is 0 Å². The van der Waals surface area contributed by atoms with Crippen molar-refractivity contribution in [2.45, 2.75) is 0 Å². The molecule has 0 saturated carbocycles. The second kappa shape index (κ2) is 12.5. The number of rotatable bonds is 6. The van der Waals surface area contributed by atoms with Crippen molar-refractivity contribution in [2.24, 2.45) is 0 Å². The maximum absolute atomic E-state index is 2.38. The lowest BCUT2D eigenvalue weighted by atomic mass is 9.93. The van der Waals surface area contributed by atoms with E-state index in [2.05, 4.69) is 216 Å². The minimum atomic E-state index is 1.12. The van der Waals surface area contributed by atoms with Gasteiger partial charge in [-0.3, -0.25) is 0 Å². The highest BCUT2D eigenvalue weighted by Gasteiger charge is 2.25. The van der Waals surface area contributed by atoms with Gasteiger partial charge in [-0.25, -0.2) is 0 Å². The second-order valence-electron chi connectivity index (χ2n) is 13.4. The van der Waals surface area contributed by atoms with Crippen molar-refractivity contribution in [3.05, 3.63) is 206 Å². The molecule has 2 nitrogen and oxygen atoms in total. The number of benzene rings is 8. The SMILES string of the molecule is c1ccc(-c2ccc(N(c3ccccc3)c3ccc4c(c3)-c3ccccc3-c3cn(-c5cccc(-c6ccccc6)c5)c5cccc-4c35)cc2)cc1. The van der Waals surface area contributed by atoms with Gasteiger partial charge >= 0.3 is 0 Å². The molecule has 0 fully saturated rings. The van der Waals surface area contributed by atoms with Gasteiger partial charge in [-0.2, -0.15) is 0 Å². The van der Waals surface area contributed by atoms with Crippen LogP contribution in [0, 0.1) is 0 Å². The van der Waals surface area contributed by atoms with Crippen LogP contribution in [0.5, 0.6) is 0 Å². The molecular formula is C50H34N2. The molecule has 0 unspecified atom stereocenters. The zero-order valence-corrected chi connectivity index (χ0v) is 28.5. The quantitative estimate of drug-likeness (QED) is 0.172. The Kier molecular flexibility index (Phi) is 7.18. The van der Waals surface area contributed by atoms with E-state index in [0.717, 1.165) is 22.7 Å². The summed E-state index contributed by atoms with van der Waals surface area (Å²) in [6.45, 7) is 0. The monoisotopic (exact) mass is 662 g/mol. The molecule has 1 aliphatic carbocycles. The minimum Gasteiger partial charge on any atom is -0.316 e. The topological polar surface area (TPSA) is 8.17 Å². The van der Waals surface area contributed by atoms with Crippen LogP contribution in [0.3, 0.4) is 0 Å². The van der Waals surface area contributed by atoms with Crippen LogP contribution >= 0.6 is 0 Å². The maximum atomic E-state index is 2.38. The van der Waals surface area contributed by atoms with Crippen LogP contribution in [0.2, 0.25) is 0 Å². The van der Waals surface area contributed by atoms with Gasteiger partial charge in [0.15, 0.2) is 0 Å².